The summed E-state index contributed by atoms with van der Waals surface area (Å²) in [5.74, 6) is -0.348. The summed E-state index contributed by atoms with van der Waals surface area (Å²) in [6.45, 7) is 8.72. The van der Waals surface area contributed by atoms with Gasteiger partial charge in [-0.25, -0.2) is 0 Å². The average molecular weight is 283 g/mol. The van der Waals surface area contributed by atoms with Crippen LogP contribution in [0, 0.1) is 0 Å². The molecule has 0 N–H and O–H groups in total. The minimum atomic E-state index is -0.221. The third-order valence-electron chi connectivity index (χ3n) is 2.32. The van der Waals surface area contributed by atoms with Crippen LogP contribution in [0.4, 0.5) is 0 Å². The molecule has 0 aliphatic carbocycles. The van der Waals surface area contributed by atoms with Crippen LogP contribution in [-0.2, 0) is 14.4 Å². The summed E-state index contributed by atoms with van der Waals surface area (Å²) in [7, 11) is 0. The highest BCUT2D eigenvalue weighted by Crippen LogP contribution is 2.07. The van der Waals surface area contributed by atoms with Crippen molar-refractivity contribution < 1.29 is 14.4 Å². The molecule has 20 heavy (non-hydrogen) atoms. The van der Waals surface area contributed by atoms with Gasteiger partial charge in [-0.3, -0.25) is 14.5 Å². The topological polar surface area (TPSA) is 54.5 Å². The van der Waals surface area contributed by atoms with E-state index in [4.69, 9.17) is 0 Å². The lowest BCUT2D eigenvalue weighted by atomic mass is 10.1. The predicted octanol–water partition coefficient (Wildman–Crippen LogP) is 3.50. The summed E-state index contributed by atoms with van der Waals surface area (Å²) in [5.41, 5.74) is 0. The summed E-state index contributed by atoms with van der Waals surface area (Å²) < 4.78 is 0. The zero-order chi connectivity index (χ0) is 15.8. The van der Waals surface area contributed by atoms with Crippen molar-refractivity contribution >= 4 is 18.1 Å². The van der Waals surface area contributed by atoms with Gasteiger partial charge < -0.3 is 4.79 Å². The molecule has 0 aromatic rings. The van der Waals surface area contributed by atoms with Gasteiger partial charge in [-0.2, -0.15) is 0 Å². The number of aldehydes is 1. The van der Waals surface area contributed by atoms with Gasteiger partial charge in [0.25, 0.3) is 5.91 Å². The van der Waals surface area contributed by atoms with Crippen molar-refractivity contribution in [2.24, 2.45) is 0 Å². The molecule has 116 valence electrons. The number of unbranched alkanes of at least 4 members (excludes halogenated alkanes) is 3. The minimum Gasteiger partial charge on any atom is -0.303 e. The average Bonchev–Trinajstić information content (AvgIpc) is 2.44. The van der Waals surface area contributed by atoms with E-state index < -0.39 is 0 Å². The Kier molecular flexibility index (Phi) is 16.3. The number of amides is 2. The van der Waals surface area contributed by atoms with Crippen LogP contribution in [0.25, 0.3) is 0 Å². The van der Waals surface area contributed by atoms with E-state index in [1.165, 1.54) is 17.4 Å². The third-order valence-corrected chi connectivity index (χ3v) is 2.32. The van der Waals surface area contributed by atoms with Crippen LogP contribution >= 0.6 is 0 Å². The maximum Gasteiger partial charge on any atom is 0.252 e. The van der Waals surface area contributed by atoms with Crippen molar-refractivity contribution in [1.29, 1.82) is 0 Å². The molecule has 0 saturated heterocycles. The summed E-state index contributed by atoms with van der Waals surface area (Å²) in [5, 5.41) is 0. The summed E-state index contributed by atoms with van der Waals surface area (Å²) in [6, 6.07) is 0. The summed E-state index contributed by atoms with van der Waals surface area (Å²) in [4.78, 5) is 33.9. The zero-order valence-electron chi connectivity index (χ0n) is 13.4. The number of nitrogens with zero attached hydrogens (tertiary/aromatic N) is 1. The second-order valence-corrected chi connectivity index (χ2v) is 4.21. The smallest absolute Gasteiger partial charge is 0.252 e. The Hall–Kier alpha value is -1.45. The predicted molar refractivity (Wildman–Crippen MR) is 82.3 cm³/mol. The van der Waals surface area contributed by atoms with E-state index in [-0.39, 0.29) is 11.8 Å². The van der Waals surface area contributed by atoms with Crippen molar-refractivity contribution in [2.75, 3.05) is 6.54 Å². The molecule has 0 atom stereocenters. The first-order chi connectivity index (χ1) is 9.67. The first-order valence-electron chi connectivity index (χ1n) is 7.61. The fourth-order valence-electron chi connectivity index (χ4n) is 1.49. The number of rotatable bonds is 6. The number of hydrogen-bond acceptors (Lipinski definition) is 3. The molecule has 4 nitrogen and oxygen atoms in total. The van der Waals surface area contributed by atoms with E-state index in [0.29, 0.717) is 19.4 Å². The molecule has 0 fully saturated rings. The van der Waals surface area contributed by atoms with Gasteiger partial charge in [-0.05, 0) is 12.8 Å². The van der Waals surface area contributed by atoms with E-state index in [1.807, 2.05) is 13.8 Å². The van der Waals surface area contributed by atoms with Crippen LogP contribution in [0.2, 0.25) is 0 Å². The molecule has 0 spiro atoms. The number of carbonyl (C=O) groups is 3. The van der Waals surface area contributed by atoms with Crippen molar-refractivity contribution in [1.82, 2.24) is 4.90 Å². The molecule has 0 bridgehead atoms. The van der Waals surface area contributed by atoms with Crippen molar-refractivity contribution in [3.63, 3.8) is 0 Å². The Bertz CT molecular complexity index is 298. The quantitative estimate of drug-likeness (QED) is 0.426. The molecular formula is C16H29NO3. The molecular weight excluding hydrogens is 254 g/mol. The Morgan fingerprint density at radius 3 is 2.25 bits per heavy atom. The second-order valence-electron chi connectivity index (χ2n) is 4.21. The molecule has 1 aliphatic rings. The molecule has 0 saturated carbocycles. The molecule has 1 heterocycles. The largest absolute Gasteiger partial charge is 0.303 e. The maximum absolute atomic E-state index is 11.3. The van der Waals surface area contributed by atoms with Crippen molar-refractivity contribution in [3.05, 3.63) is 12.2 Å². The first-order valence-corrected chi connectivity index (χ1v) is 7.61. The SMILES string of the molecule is CC.CCC.O=CCCCCCN1C(=O)C=CCC1=O. The van der Waals surface area contributed by atoms with Crippen LogP contribution in [0.1, 0.15) is 66.2 Å². The molecule has 1 aliphatic heterocycles. The van der Waals surface area contributed by atoms with Gasteiger partial charge in [-0.15, -0.1) is 0 Å². The van der Waals surface area contributed by atoms with E-state index >= 15 is 0 Å². The van der Waals surface area contributed by atoms with Gasteiger partial charge >= 0.3 is 0 Å². The highest BCUT2D eigenvalue weighted by atomic mass is 16.2. The van der Waals surface area contributed by atoms with Crippen LogP contribution in [0.5, 0.6) is 0 Å². The lowest BCUT2D eigenvalue weighted by molar-refractivity contribution is -0.142. The molecule has 0 aromatic carbocycles. The molecule has 2 amide bonds. The summed E-state index contributed by atoms with van der Waals surface area (Å²) in [6.07, 6.45) is 8.52. The van der Waals surface area contributed by atoms with Gasteiger partial charge in [0.1, 0.15) is 6.29 Å². The highest BCUT2D eigenvalue weighted by molar-refractivity contribution is 6.04. The molecule has 0 unspecified atom stereocenters. The van der Waals surface area contributed by atoms with E-state index in [2.05, 4.69) is 13.8 Å². The third kappa shape index (κ3) is 10.5. The lowest BCUT2D eigenvalue weighted by Gasteiger charge is -2.21. The number of hydrogen-bond donors (Lipinski definition) is 0. The van der Waals surface area contributed by atoms with Crippen molar-refractivity contribution in [3.8, 4) is 0 Å². The molecule has 0 radical (unpaired) electrons. The monoisotopic (exact) mass is 283 g/mol. The van der Waals surface area contributed by atoms with Crippen LogP contribution < -0.4 is 0 Å². The molecule has 1 rings (SSSR count). The van der Waals surface area contributed by atoms with E-state index in [0.717, 1.165) is 25.5 Å². The van der Waals surface area contributed by atoms with E-state index in [1.54, 1.807) is 6.08 Å². The standard InChI is InChI=1S/C11H15NO3.C3H8.C2H6/c13-9-4-2-1-3-8-12-10(14)6-5-7-11(12)15;1-3-2;1-2/h5-6,9H,1-4,7-8H2;3H2,1-2H3;1-2H3. The maximum atomic E-state index is 11.3. The van der Waals surface area contributed by atoms with E-state index in [9.17, 15) is 14.4 Å². The van der Waals surface area contributed by atoms with Gasteiger partial charge in [0, 0.05) is 25.5 Å². The highest BCUT2D eigenvalue weighted by Gasteiger charge is 2.20. The number of imide groups is 1. The van der Waals surface area contributed by atoms with Crippen molar-refractivity contribution in [2.45, 2.75) is 66.2 Å². The Balaban J connectivity index is 0. The van der Waals surface area contributed by atoms with Gasteiger partial charge in [0.15, 0.2) is 0 Å². The summed E-state index contributed by atoms with van der Waals surface area (Å²) >= 11 is 0. The van der Waals surface area contributed by atoms with Crippen LogP contribution in [-0.4, -0.2) is 29.5 Å². The fraction of sp³-hybridized carbons (Fsp3) is 0.688. The molecule has 0 aromatic heterocycles. The van der Waals surface area contributed by atoms with Gasteiger partial charge in [0.05, 0.1) is 0 Å². The van der Waals surface area contributed by atoms with Gasteiger partial charge in [-0.1, -0.05) is 46.6 Å². The fourth-order valence-corrected chi connectivity index (χ4v) is 1.49. The zero-order valence-corrected chi connectivity index (χ0v) is 13.4. The lowest BCUT2D eigenvalue weighted by Crippen LogP contribution is -2.38. The number of carbonyl (C=O) groups excluding carboxylic acids is 3. The normalized spacial score (nSPS) is 13.1. The Labute approximate surface area is 123 Å². The van der Waals surface area contributed by atoms with Crippen LogP contribution in [0.3, 0.4) is 0 Å². The van der Waals surface area contributed by atoms with Crippen LogP contribution in [0.15, 0.2) is 12.2 Å². The second kappa shape index (κ2) is 15.6. The van der Waals surface area contributed by atoms with Gasteiger partial charge in [0.2, 0.25) is 5.91 Å². The minimum absolute atomic E-state index is 0.127. The Morgan fingerprint density at radius 1 is 1.15 bits per heavy atom. The first kappa shape index (κ1) is 20.9. The Morgan fingerprint density at radius 2 is 1.75 bits per heavy atom. The molecule has 4 heteroatoms.